The van der Waals surface area contributed by atoms with Crippen molar-refractivity contribution in [2.75, 3.05) is 6.61 Å². The van der Waals surface area contributed by atoms with Gasteiger partial charge in [0.1, 0.15) is 11.6 Å². The number of nitrogens with one attached hydrogen (secondary N) is 2. The highest BCUT2D eigenvalue weighted by atomic mass is 79.9. The van der Waals surface area contributed by atoms with Gasteiger partial charge in [0.15, 0.2) is 6.61 Å². The van der Waals surface area contributed by atoms with Crippen LogP contribution in [0.1, 0.15) is 32.1 Å². The fraction of sp³-hybridized carbons (Fsp3) is 0.467. The standard InChI is InChI=1S/C15H18BrFN2O3/c16-12-8-10(17)6-7-13(12)22-9-14(20)19-15(21)18-11-4-2-1-3-5-11/h6-8,11H,1-5,9H2,(H2,18,19,20,21). The quantitative estimate of drug-likeness (QED) is 0.852. The van der Waals surface area contributed by atoms with Gasteiger partial charge >= 0.3 is 6.03 Å². The van der Waals surface area contributed by atoms with E-state index in [4.69, 9.17) is 4.74 Å². The van der Waals surface area contributed by atoms with Gasteiger partial charge in [-0.2, -0.15) is 0 Å². The highest BCUT2D eigenvalue weighted by molar-refractivity contribution is 9.10. The molecule has 5 nitrogen and oxygen atoms in total. The molecule has 0 spiro atoms. The number of halogens is 2. The lowest BCUT2D eigenvalue weighted by molar-refractivity contribution is -0.122. The Bertz CT molecular complexity index is 548. The predicted octanol–water partition coefficient (Wildman–Crippen LogP) is 3.13. The van der Waals surface area contributed by atoms with E-state index in [0.717, 1.165) is 25.7 Å². The largest absolute Gasteiger partial charge is 0.483 e. The topological polar surface area (TPSA) is 67.4 Å². The zero-order valence-corrected chi connectivity index (χ0v) is 13.6. The van der Waals surface area contributed by atoms with Crippen molar-refractivity contribution in [1.82, 2.24) is 10.6 Å². The molecule has 0 heterocycles. The molecule has 22 heavy (non-hydrogen) atoms. The van der Waals surface area contributed by atoms with Crippen LogP contribution in [0.3, 0.4) is 0 Å². The van der Waals surface area contributed by atoms with Crippen LogP contribution in [0.15, 0.2) is 22.7 Å². The van der Waals surface area contributed by atoms with Gasteiger partial charge in [0.2, 0.25) is 0 Å². The zero-order chi connectivity index (χ0) is 15.9. The average Bonchev–Trinajstić information content (AvgIpc) is 2.47. The summed E-state index contributed by atoms with van der Waals surface area (Å²) in [4.78, 5) is 23.3. The fourth-order valence-corrected chi connectivity index (χ4v) is 2.83. The first-order valence-electron chi connectivity index (χ1n) is 7.23. The summed E-state index contributed by atoms with van der Waals surface area (Å²) in [7, 11) is 0. The molecule has 0 bridgehead atoms. The minimum atomic E-state index is -0.551. The summed E-state index contributed by atoms with van der Waals surface area (Å²) in [6.45, 7) is -0.317. The average molecular weight is 373 g/mol. The SMILES string of the molecule is O=C(COc1ccc(F)cc1Br)NC(=O)NC1CCCCC1. The maximum Gasteiger partial charge on any atom is 0.321 e. The minimum Gasteiger partial charge on any atom is -0.483 e. The molecule has 1 aliphatic rings. The Kier molecular flexibility index (Phi) is 6.18. The number of hydrogen-bond donors (Lipinski definition) is 2. The van der Waals surface area contributed by atoms with E-state index < -0.39 is 17.8 Å². The molecule has 1 aromatic carbocycles. The van der Waals surface area contributed by atoms with Crippen molar-refractivity contribution in [1.29, 1.82) is 0 Å². The van der Waals surface area contributed by atoms with Gasteiger partial charge in [-0.05, 0) is 47.0 Å². The number of imide groups is 1. The van der Waals surface area contributed by atoms with Gasteiger partial charge in [0, 0.05) is 6.04 Å². The molecule has 0 radical (unpaired) electrons. The molecule has 0 aliphatic heterocycles. The van der Waals surface area contributed by atoms with Crippen molar-refractivity contribution < 1.29 is 18.7 Å². The van der Waals surface area contributed by atoms with Gasteiger partial charge in [-0.15, -0.1) is 0 Å². The molecule has 1 aromatic rings. The Morgan fingerprint density at radius 1 is 1.27 bits per heavy atom. The number of rotatable bonds is 4. The monoisotopic (exact) mass is 372 g/mol. The Morgan fingerprint density at radius 2 is 2.00 bits per heavy atom. The van der Waals surface area contributed by atoms with E-state index in [1.54, 1.807) is 0 Å². The number of carbonyl (C=O) groups excluding carboxylic acids is 2. The van der Waals surface area contributed by atoms with Gasteiger partial charge in [-0.25, -0.2) is 9.18 Å². The second kappa shape index (κ2) is 8.12. The van der Waals surface area contributed by atoms with Gasteiger partial charge in [0.05, 0.1) is 4.47 Å². The third-order valence-electron chi connectivity index (χ3n) is 3.45. The Hall–Kier alpha value is -1.63. The second-order valence-corrected chi connectivity index (χ2v) is 6.07. The summed E-state index contributed by atoms with van der Waals surface area (Å²) in [6, 6.07) is 3.51. The van der Waals surface area contributed by atoms with Gasteiger partial charge < -0.3 is 10.1 Å². The van der Waals surface area contributed by atoms with Crippen LogP contribution in [-0.2, 0) is 4.79 Å². The van der Waals surface area contributed by atoms with E-state index in [-0.39, 0.29) is 12.6 Å². The Labute approximate surface area is 136 Å². The molecule has 1 saturated carbocycles. The summed E-state index contributed by atoms with van der Waals surface area (Å²) in [5, 5.41) is 5.01. The molecule has 3 amide bonds. The maximum absolute atomic E-state index is 12.9. The van der Waals surface area contributed by atoms with E-state index in [1.807, 2.05) is 0 Å². The second-order valence-electron chi connectivity index (χ2n) is 5.22. The molecular formula is C15H18BrFN2O3. The van der Waals surface area contributed by atoms with Gasteiger partial charge in [-0.1, -0.05) is 19.3 Å². The van der Waals surface area contributed by atoms with E-state index in [1.165, 1.54) is 24.6 Å². The molecule has 1 fully saturated rings. The maximum atomic E-state index is 12.9. The summed E-state index contributed by atoms with van der Waals surface area (Å²) >= 11 is 3.14. The van der Waals surface area contributed by atoms with E-state index in [2.05, 4.69) is 26.6 Å². The van der Waals surface area contributed by atoms with Crippen LogP contribution in [-0.4, -0.2) is 24.6 Å². The molecular weight excluding hydrogens is 355 g/mol. The van der Waals surface area contributed by atoms with Crippen molar-refractivity contribution >= 4 is 27.9 Å². The number of urea groups is 1. The van der Waals surface area contributed by atoms with Crippen LogP contribution in [0, 0.1) is 5.82 Å². The van der Waals surface area contributed by atoms with Crippen molar-refractivity contribution in [2.45, 2.75) is 38.1 Å². The number of ether oxygens (including phenoxy) is 1. The van der Waals surface area contributed by atoms with Crippen LogP contribution in [0.25, 0.3) is 0 Å². The molecule has 0 atom stereocenters. The molecule has 2 N–H and O–H groups in total. The molecule has 1 aliphatic carbocycles. The van der Waals surface area contributed by atoms with Crippen LogP contribution in [0.4, 0.5) is 9.18 Å². The third-order valence-corrected chi connectivity index (χ3v) is 4.07. The lowest BCUT2D eigenvalue weighted by atomic mass is 9.96. The van der Waals surface area contributed by atoms with Crippen molar-refractivity contribution in [3.8, 4) is 5.75 Å². The summed E-state index contributed by atoms with van der Waals surface area (Å²) in [5.41, 5.74) is 0. The van der Waals surface area contributed by atoms with E-state index in [0.29, 0.717) is 10.2 Å². The summed E-state index contributed by atoms with van der Waals surface area (Å²) in [5.74, 6) is -0.621. The molecule has 2 rings (SSSR count). The lowest BCUT2D eigenvalue weighted by Gasteiger charge is -2.22. The number of hydrogen-bond acceptors (Lipinski definition) is 3. The molecule has 0 saturated heterocycles. The van der Waals surface area contributed by atoms with E-state index >= 15 is 0 Å². The highest BCUT2D eigenvalue weighted by Gasteiger charge is 2.17. The first-order chi connectivity index (χ1) is 10.5. The lowest BCUT2D eigenvalue weighted by Crippen LogP contribution is -2.46. The van der Waals surface area contributed by atoms with Crippen LogP contribution in [0.2, 0.25) is 0 Å². The summed E-state index contributed by atoms with van der Waals surface area (Å²) < 4.78 is 18.6. The molecule has 7 heteroatoms. The number of carbonyl (C=O) groups is 2. The van der Waals surface area contributed by atoms with Crippen molar-refractivity contribution in [2.24, 2.45) is 0 Å². The molecule has 120 valence electrons. The zero-order valence-electron chi connectivity index (χ0n) is 12.0. The van der Waals surface area contributed by atoms with Crippen molar-refractivity contribution in [3.05, 3.63) is 28.5 Å². The predicted molar refractivity (Wildman–Crippen MR) is 83.1 cm³/mol. The first kappa shape index (κ1) is 16.7. The van der Waals surface area contributed by atoms with Gasteiger partial charge in [-0.3, -0.25) is 10.1 Å². The normalized spacial score (nSPS) is 15.2. The Balaban J connectivity index is 1.73. The summed E-state index contributed by atoms with van der Waals surface area (Å²) in [6.07, 6.45) is 5.28. The number of amides is 3. The smallest absolute Gasteiger partial charge is 0.321 e. The fourth-order valence-electron chi connectivity index (χ4n) is 2.37. The third kappa shape index (κ3) is 5.29. The Morgan fingerprint density at radius 3 is 2.68 bits per heavy atom. The van der Waals surface area contributed by atoms with E-state index in [9.17, 15) is 14.0 Å². The van der Waals surface area contributed by atoms with Crippen molar-refractivity contribution in [3.63, 3.8) is 0 Å². The van der Waals surface area contributed by atoms with Crippen LogP contribution in [0.5, 0.6) is 5.75 Å². The van der Waals surface area contributed by atoms with Crippen LogP contribution < -0.4 is 15.4 Å². The number of benzene rings is 1. The molecule has 0 unspecified atom stereocenters. The molecule has 0 aromatic heterocycles. The van der Waals surface area contributed by atoms with Gasteiger partial charge in [0.25, 0.3) is 5.91 Å². The highest BCUT2D eigenvalue weighted by Crippen LogP contribution is 2.25. The van der Waals surface area contributed by atoms with Crippen LogP contribution >= 0.6 is 15.9 Å². The first-order valence-corrected chi connectivity index (χ1v) is 8.02. The minimum absolute atomic E-state index is 0.133.